The Morgan fingerprint density at radius 1 is 1.29 bits per heavy atom. The fourth-order valence-corrected chi connectivity index (χ4v) is 3.78. The summed E-state index contributed by atoms with van der Waals surface area (Å²) in [6, 6.07) is 5.48. The molecule has 126 valence electrons. The maximum Gasteiger partial charge on any atom is 0.220 e. The van der Waals surface area contributed by atoms with Gasteiger partial charge in [-0.05, 0) is 37.8 Å². The normalized spacial score (nSPS) is 19.5. The molecular weight excluding hydrogens is 328 g/mol. The lowest BCUT2D eigenvalue weighted by Crippen LogP contribution is -2.58. The number of anilines is 1. The summed E-state index contributed by atoms with van der Waals surface area (Å²) in [5, 5.41) is 9.86. The second-order valence-corrected chi connectivity index (χ2v) is 6.29. The number of nitrogens with two attached hydrogens (primary N) is 2. The molecule has 1 heterocycles. The molecule has 3 rings (SSSR count). The third kappa shape index (κ3) is 2.53. The van der Waals surface area contributed by atoms with E-state index in [4.69, 9.17) is 27.8 Å². The number of hydrogen-bond acceptors (Lipinski definition) is 7. The first kappa shape index (κ1) is 16.4. The van der Waals surface area contributed by atoms with E-state index in [2.05, 4.69) is 16.1 Å². The molecular formula is C16H19ClN6O. The molecule has 1 aromatic carbocycles. The predicted octanol–water partition coefficient (Wildman–Crippen LogP) is 2.33. The van der Waals surface area contributed by atoms with Crippen LogP contribution in [0.4, 0.5) is 5.69 Å². The standard InChI is InChI=1S/C16H19ClN6O/c1-24-11-6-5-10(9-18)13(12(11)17)23-15(20)21-14(19)22-16(23)7-3-2-4-8-16/h5-6H,2-4,7-8H2,1H3,(H4,19,20,21,22). The Hall–Kier alpha value is -2.46. The third-order valence-corrected chi connectivity index (χ3v) is 4.86. The summed E-state index contributed by atoms with van der Waals surface area (Å²) in [6.45, 7) is 0. The number of aliphatic imine (C=N–C) groups is 2. The quantitative estimate of drug-likeness (QED) is 0.853. The Labute approximate surface area is 145 Å². The number of ether oxygens (including phenoxy) is 1. The van der Waals surface area contributed by atoms with Crippen LogP contribution in [0.1, 0.15) is 37.7 Å². The van der Waals surface area contributed by atoms with E-state index < -0.39 is 5.66 Å². The second kappa shape index (κ2) is 6.21. The van der Waals surface area contributed by atoms with Crippen molar-refractivity contribution in [3.63, 3.8) is 0 Å². The van der Waals surface area contributed by atoms with Gasteiger partial charge in [-0.25, -0.2) is 4.99 Å². The summed E-state index contributed by atoms with van der Waals surface area (Å²) in [6.07, 6.45) is 4.64. The van der Waals surface area contributed by atoms with Gasteiger partial charge in [0.1, 0.15) is 22.5 Å². The van der Waals surface area contributed by atoms with Crippen molar-refractivity contribution in [2.45, 2.75) is 37.8 Å². The largest absolute Gasteiger partial charge is 0.495 e. The van der Waals surface area contributed by atoms with Gasteiger partial charge in [0.25, 0.3) is 0 Å². The number of benzene rings is 1. The molecule has 1 spiro atoms. The lowest BCUT2D eigenvalue weighted by Gasteiger charge is -2.46. The molecule has 1 aliphatic carbocycles. The minimum Gasteiger partial charge on any atom is -0.495 e. The molecule has 1 aliphatic heterocycles. The molecule has 0 unspecified atom stereocenters. The molecule has 0 bridgehead atoms. The molecule has 1 aromatic rings. The lowest BCUT2D eigenvalue weighted by molar-refractivity contribution is 0.305. The van der Waals surface area contributed by atoms with Crippen LogP contribution < -0.4 is 21.1 Å². The first-order valence-corrected chi connectivity index (χ1v) is 8.16. The van der Waals surface area contributed by atoms with Gasteiger partial charge in [-0.15, -0.1) is 0 Å². The first-order valence-electron chi connectivity index (χ1n) is 7.79. The van der Waals surface area contributed by atoms with Gasteiger partial charge >= 0.3 is 0 Å². The van der Waals surface area contributed by atoms with Gasteiger partial charge in [0.05, 0.1) is 18.4 Å². The van der Waals surface area contributed by atoms with Crippen molar-refractivity contribution in [2.24, 2.45) is 21.5 Å². The van der Waals surface area contributed by atoms with E-state index in [9.17, 15) is 5.26 Å². The van der Waals surface area contributed by atoms with Crippen LogP contribution in [-0.4, -0.2) is 24.7 Å². The predicted molar refractivity (Wildman–Crippen MR) is 94.3 cm³/mol. The average Bonchev–Trinajstić information content (AvgIpc) is 2.56. The minimum atomic E-state index is -0.657. The molecule has 0 aromatic heterocycles. The number of guanidine groups is 2. The van der Waals surface area contributed by atoms with Gasteiger partial charge in [0.15, 0.2) is 0 Å². The van der Waals surface area contributed by atoms with Crippen LogP contribution in [0.15, 0.2) is 22.1 Å². The van der Waals surface area contributed by atoms with E-state index in [0.29, 0.717) is 22.0 Å². The molecule has 0 saturated heterocycles. The zero-order valence-electron chi connectivity index (χ0n) is 13.4. The molecule has 1 saturated carbocycles. The summed E-state index contributed by atoms with van der Waals surface area (Å²) in [5.74, 6) is 0.811. The summed E-state index contributed by atoms with van der Waals surface area (Å²) < 4.78 is 5.30. The summed E-state index contributed by atoms with van der Waals surface area (Å²) in [5.41, 5.74) is 12.3. The lowest BCUT2D eigenvalue weighted by atomic mass is 9.87. The molecule has 0 atom stereocenters. The molecule has 24 heavy (non-hydrogen) atoms. The maximum atomic E-state index is 9.54. The van der Waals surface area contributed by atoms with Gasteiger partial charge in [-0.1, -0.05) is 18.0 Å². The van der Waals surface area contributed by atoms with Crippen LogP contribution in [0.5, 0.6) is 5.75 Å². The van der Waals surface area contributed by atoms with Gasteiger partial charge < -0.3 is 16.2 Å². The number of nitriles is 1. The third-order valence-electron chi connectivity index (χ3n) is 4.50. The molecule has 0 amide bonds. The van der Waals surface area contributed by atoms with E-state index in [0.717, 1.165) is 32.1 Å². The molecule has 4 N–H and O–H groups in total. The first-order chi connectivity index (χ1) is 11.5. The summed E-state index contributed by atoms with van der Waals surface area (Å²) in [7, 11) is 1.53. The van der Waals surface area contributed by atoms with Gasteiger partial charge in [-0.3, -0.25) is 4.90 Å². The molecule has 0 radical (unpaired) electrons. The SMILES string of the molecule is COc1ccc(C#N)c(N2C(N)=NC(N)=NC23CCCCC3)c1Cl. The van der Waals surface area contributed by atoms with Crippen LogP contribution in [0.2, 0.25) is 5.02 Å². The van der Waals surface area contributed by atoms with E-state index in [1.54, 1.807) is 17.0 Å². The van der Waals surface area contributed by atoms with E-state index >= 15 is 0 Å². The maximum absolute atomic E-state index is 9.54. The molecule has 1 fully saturated rings. The highest BCUT2D eigenvalue weighted by atomic mass is 35.5. The van der Waals surface area contributed by atoms with Crippen molar-refractivity contribution in [3.05, 3.63) is 22.7 Å². The van der Waals surface area contributed by atoms with Crippen molar-refractivity contribution >= 4 is 29.2 Å². The number of hydrogen-bond donors (Lipinski definition) is 2. The van der Waals surface area contributed by atoms with Crippen molar-refractivity contribution in [1.29, 1.82) is 5.26 Å². The van der Waals surface area contributed by atoms with Crippen molar-refractivity contribution in [3.8, 4) is 11.8 Å². The van der Waals surface area contributed by atoms with Crippen LogP contribution in [-0.2, 0) is 0 Å². The van der Waals surface area contributed by atoms with Crippen LogP contribution >= 0.6 is 11.6 Å². The number of nitrogens with zero attached hydrogens (tertiary/aromatic N) is 4. The highest BCUT2D eigenvalue weighted by Gasteiger charge is 2.44. The Balaban J connectivity index is 2.23. The minimum absolute atomic E-state index is 0.156. The Morgan fingerprint density at radius 3 is 2.62 bits per heavy atom. The second-order valence-electron chi connectivity index (χ2n) is 5.91. The fourth-order valence-electron chi connectivity index (χ4n) is 3.46. The number of methoxy groups -OCH3 is 1. The van der Waals surface area contributed by atoms with Crippen LogP contribution in [0.3, 0.4) is 0 Å². The zero-order valence-corrected chi connectivity index (χ0v) is 14.2. The van der Waals surface area contributed by atoms with E-state index in [1.165, 1.54) is 7.11 Å². The monoisotopic (exact) mass is 346 g/mol. The topological polar surface area (TPSA) is 113 Å². The smallest absolute Gasteiger partial charge is 0.220 e. The molecule has 7 nitrogen and oxygen atoms in total. The summed E-state index contributed by atoms with van der Waals surface area (Å²) in [4.78, 5) is 10.5. The van der Waals surface area contributed by atoms with Crippen molar-refractivity contribution < 1.29 is 4.74 Å². The highest BCUT2D eigenvalue weighted by molar-refractivity contribution is 6.36. The zero-order chi connectivity index (χ0) is 17.3. The Kier molecular flexibility index (Phi) is 4.24. The van der Waals surface area contributed by atoms with Crippen LogP contribution in [0, 0.1) is 11.3 Å². The summed E-state index contributed by atoms with van der Waals surface area (Å²) >= 11 is 6.52. The van der Waals surface area contributed by atoms with Gasteiger partial charge in [-0.2, -0.15) is 10.3 Å². The Bertz CT molecular complexity index is 761. The van der Waals surface area contributed by atoms with Gasteiger partial charge in [0, 0.05) is 0 Å². The number of rotatable bonds is 2. The average molecular weight is 347 g/mol. The van der Waals surface area contributed by atoms with Crippen molar-refractivity contribution in [1.82, 2.24) is 0 Å². The Morgan fingerprint density at radius 2 is 2.00 bits per heavy atom. The van der Waals surface area contributed by atoms with Crippen molar-refractivity contribution in [2.75, 3.05) is 12.0 Å². The fraction of sp³-hybridized carbons (Fsp3) is 0.438. The molecule has 2 aliphatic rings. The molecule has 8 heteroatoms. The van der Waals surface area contributed by atoms with E-state index in [1.807, 2.05) is 0 Å². The van der Waals surface area contributed by atoms with Gasteiger partial charge in [0.2, 0.25) is 11.9 Å². The van der Waals surface area contributed by atoms with E-state index in [-0.39, 0.29) is 11.9 Å². The highest BCUT2D eigenvalue weighted by Crippen LogP contribution is 2.45. The van der Waals surface area contributed by atoms with Crippen LogP contribution in [0.25, 0.3) is 0 Å². The number of halogens is 1.